The van der Waals surface area contributed by atoms with Crippen LogP contribution in [-0.2, 0) is 13.0 Å². The summed E-state index contributed by atoms with van der Waals surface area (Å²) >= 11 is 1.69. The van der Waals surface area contributed by atoms with Crippen LogP contribution in [-0.4, -0.2) is 9.55 Å². The van der Waals surface area contributed by atoms with E-state index < -0.39 is 0 Å². The number of aromatic nitrogens is 2. The van der Waals surface area contributed by atoms with Crippen LogP contribution in [0, 0.1) is 0 Å². The van der Waals surface area contributed by atoms with Gasteiger partial charge in [0.1, 0.15) is 0 Å². The van der Waals surface area contributed by atoms with Gasteiger partial charge in [0.15, 0.2) is 5.43 Å². The van der Waals surface area contributed by atoms with Gasteiger partial charge in [-0.3, -0.25) is 4.79 Å². The fourth-order valence-corrected chi connectivity index (χ4v) is 2.06. The maximum absolute atomic E-state index is 10.9. The average Bonchev–Trinajstić information content (AvgIpc) is 2.69. The first-order valence-corrected chi connectivity index (χ1v) is 5.75. The van der Waals surface area contributed by atoms with E-state index in [-0.39, 0.29) is 5.43 Å². The number of rotatable bonds is 3. The van der Waals surface area contributed by atoms with E-state index in [4.69, 9.17) is 0 Å². The third-order valence-corrected chi connectivity index (χ3v) is 3.15. The Morgan fingerprint density at radius 2 is 2.13 bits per heavy atom. The van der Waals surface area contributed by atoms with Crippen LogP contribution in [0.2, 0.25) is 0 Å². The van der Waals surface area contributed by atoms with E-state index in [9.17, 15) is 4.79 Å². The Morgan fingerprint density at radius 1 is 1.40 bits per heavy atom. The zero-order valence-electron chi connectivity index (χ0n) is 8.51. The van der Waals surface area contributed by atoms with Crippen molar-refractivity contribution in [2.75, 3.05) is 0 Å². The van der Waals surface area contributed by atoms with E-state index in [0.29, 0.717) is 0 Å². The largest absolute Gasteiger partial charge is 0.348 e. The minimum absolute atomic E-state index is 0.0405. The Hall–Kier alpha value is -1.42. The molecule has 3 nitrogen and oxygen atoms in total. The fourth-order valence-electron chi connectivity index (χ4n) is 1.32. The third-order valence-electron chi connectivity index (χ3n) is 2.11. The molecule has 0 unspecified atom stereocenters. The first-order chi connectivity index (χ1) is 7.28. The smallest absolute Gasteiger partial charge is 0.181 e. The molecule has 2 aromatic rings. The summed E-state index contributed by atoms with van der Waals surface area (Å²) in [5.41, 5.74) is 1.10. The molecular formula is C11H12N2OS. The van der Waals surface area contributed by atoms with Crippen LogP contribution in [0.3, 0.4) is 0 Å². The second-order valence-corrected chi connectivity index (χ2v) is 4.23. The topological polar surface area (TPSA) is 34.9 Å². The van der Waals surface area contributed by atoms with Gasteiger partial charge in [0.25, 0.3) is 0 Å². The lowest BCUT2D eigenvalue weighted by atomic mass is 10.4. The van der Waals surface area contributed by atoms with E-state index in [1.165, 1.54) is 0 Å². The van der Waals surface area contributed by atoms with Crippen molar-refractivity contribution < 1.29 is 0 Å². The third kappa shape index (κ3) is 2.53. The Balaban J connectivity index is 2.14. The molecule has 0 amide bonds. The van der Waals surface area contributed by atoms with Crippen molar-refractivity contribution in [3.8, 4) is 0 Å². The first-order valence-electron chi connectivity index (χ1n) is 4.87. The highest BCUT2D eigenvalue weighted by Gasteiger charge is 1.99. The van der Waals surface area contributed by atoms with Crippen molar-refractivity contribution >= 4 is 11.3 Å². The zero-order chi connectivity index (χ0) is 10.7. The lowest BCUT2D eigenvalue weighted by Gasteiger charge is -2.01. The SMILES string of the molecule is CCc1nc(Cn2ccc(=O)cc2)cs1. The number of aryl methyl sites for hydroxylation is 1. The van der Waals surface area contributed by atoms with Gasteiger partial charge in [-0.1, -0.05) is 6.92 Å². The lowest BCUT2D eigenvalue weighted by molar-refractivity contribution is 0.767. The standard InChI is InChI=1S/C11H12N2OS/c1-2-11-12-9(8-15-11)7-13-5-3-10(14)4-6-13/h3-6,8H,2,7H2,1H3. The van der Waals surface area contributed by atoms with Crippen LogP contribution in [0.5, 0.6) is 0 Å². The minimum Gasteiger partial charge on any atom is -0.348 e. The number of pyridine rings is 1. The van der Waals surface area contributed by atoms with E-state index in [2.05, 4.69) is 17.3 Å². The van der Waals surface area contributed by atoms with Crippen LogP contribution < -0.4 is 5.43 Å². The molecule has 2 rings (SSSR count). The highest BCUT2D eigenvalue weighted by Crippen LogP contribution is 2.10. The maximum atomic E-state index is 10.9. The predicted octanol–water partition coefficient (Wildman–Crippen LogP) is 1.92. The second kappa shape index (κ2) is 4.40. The molecule has 0 saturated heterocycles. The summed E-state index contributed by atoms with van der Waals surface area (Å²) in [6.07, 6.45) is 4.55. The van der Waals surface area contributed by atoms with Crippen molar-refractivity contribution in [1.82, 2.24) is 9.55 Å². The monoisotopic (exact) mass is 220 g/mol. The molecule has 0 radical (unpaired) electrons. The van der Waals surface area contributed by atoms with E-state index in [0.717, 1.165) is 23.7 Å². The summed E-state index contributed by atoms with van der Waals surface area (Å²) in [5, 5.41) is 3.22. The summed E-state index contributed by atoms with van der Waals surface area (Å²) < 4.78 is 1.95. The molecule has 0 aliphatic heterocycles. The highest BCUT2D eigenvalue weighted by molar-refractivity contribution is 7.09. The van der Waals surface area contributed by atoms with Crippen LogP contribution in [0.15, 0.2) is 34.7 Å². The van der Waals surface area contributed by atoms with E-state index in [1.807, 2.05) is 4.57 Å². The fraction of sp³-hybridized carbons (Fsp3) is 0.273. The van der Waals surface area contributed by atoms with Crippen LogP contribution >= 0.6 is 11.3 Å². The van der Waals surface area contributed by atoms with Gasteiger partial charge in [-0.15, -0.1) is 11.3 Å². The van der Waals surface area contributed by atoms with Gasteiger partial charge in [0, 0.05) is 29.9 Å². The Labute approximate surface area is 92.0 Å². The molecule has 0 saturated carbocycles. The normalized spacial score (nSPS) is 10.5. The highest BCUT2D eigenvalue weighted by atomic mass is 32.1. The zero-order valence-corrected chi connectivity index (χ0v) is 9.33. The van der Waals surface area contributed by atoms with Gasteiger partial charge < -0.3 is 4.57 Å². The molecule has 2 aromatic heterocycles. The minimum atomic E-state index is 0.0405. The molecular weight excluding hydrogens is 208 g/mol. The van der Waals surface area contributed by atoms with Crippen molar-refractivity contribution in [3.63, 3.8) is 0 Å². The second-order valence-electron chi connectivity index (χ2n) is 3.29. The van der Waals surface area contributed by atoms with E-state index in [1.54, 1.807) is 35.9 Å². The van der Waals surface area contributed by atoms with Crippen LogP contribution in [0.1, 0.15) is 17.6 Å². The Kier molecular flexibility index (Phi) is 2.97. The summed E-state index contributed by atoms with van der Waals surface area (Å²) in [6.45, 7) is 2.83. The Morgan fingerprint density at radius 3 is 2.73 bits per heavy atom. The number of hydrogen-bond donors (Lipinski definition) is 0. The van der Waals surface area contributed by atoms with Gasteiger partial charge >= 0.3 is 0 Å². The molecule has 0 fully saturated rings. The summed E-state index contributed by atoms with van der Waals surface area (Å²) in [5.74, 6) is 0. The van der Waals surface area contributed by atoms with Crippen molar-refractivity contribution in [2.24, 2.45) is 0 Å². The molecule has 0 spiro atoms. The quantitative estimate of drug-likeness (QED) is 0.792. The average molecular weight is 220 g/mol. The predicted molar refractivity (Wildman–Crippen MR) is 61.3 cm³/mol. The van der Waals surface area contributed by atoms with Gasteiger partial charge in [0.2, 0.25) is 0 Å². The lowest BCUT2D eigenvalue weighted by Crippen LogP contribution is -2.04. The molecule has 0 aliphatic carbocycles. The summed E-state index contributed by atoms with van der Waals surface area (Å²) in [7, 11) is 0. The molecule has 0 aliphatic rings. The van der Waals surface area contributed by atoms with Gasteiger partial charge in [0.05, 0.1) is 17.2 Å². The van der Waals surface area contributed by atoms with Gasteiger partial charge in [-0.2, -0.15) is 0 Å². The molecule has 15 heavy (non-hydrogen) atoms. The molecule has 2 heterocycles. The van der Waals surface area contributed by atoms with Crippen molar-refractivity contribution in [2.45, 2.75) is 19.9 Å². The molecule has 4 heteroatoms. The van der Waals surface area contributed by atoms with Crippen LogP contribution in [0.4, 0.5) is 0 Å². The molecule has 0 bridgehead atoms. The number of thiazole rings is 1. The van der Waals surface area contributed by atoms with Crippen LogP contribution in [0.25, 0.3) is 0 Å². The maximum Gasteiger partial charge on any atom is 0.181 e. The first kappa shape index (κ1) is 10.1. The molecule has 0 atom stereocenters. The Bertz CT molecular complexity index is 481. The van der Waals surface area contributed by atoms with Crippen molar-refractivity contribution in [1.29, 1.82) is 0 Å². The van der Waals surface area contributed by atoms with E-state index >= 15 is 0 Å². The van der Waals surface area contributed by atoms with Crippen molar-refractivity contribution in [3.05, 3.63) is 50.8 Å². The molecule has 0 N–H and O–H groups in total. The summed E-state index contributed by atoms with van der Waals surface area (Å²) in [6, 6.07) is 3.13. The number of nitrogens with zero attached hydrogens (tertiary/aromatic N) is 2. The van der Waals surface area contributed by atoms with Gasteiger partial charge in [-0.25, -0.2) is 4.98 Å². The molecule has 78 valence electrons. The van der Waals surface area contributed by atoms with Gasteiger partial charge in [-0.05, 0) is 6.42 Å². The summed E-state index contributed by atoms with van der Waals surface area (Å²) in [4.78, 5) is 15.4. The molecule has 0 aromatic carbocycles. The number of hydrogen-bond acceptors (Lipinski definition) is 3.